The van der Waals surface area contributed by atoms with Crippen molar-refractivity contribution in [1.82, 2.24) is 9.97 Å². The van der Waals surface area contributed by atoms with Crippen LogP contribution in [0.25, 0.3) is 16.6 Å². The molecule has 0 amide bonds. The van der Waals surface area contributed by atoms with Crippen LogP contribution in [0.5, 0.6) is 0 Å². The predicted octanol–water partition coefficient (Wildman–Crippen LogP) is 4.49. The van der Waals surface area contributed by atoms with Gasteiger partial charge in [0, 0.05) is 23.3 Å². The Morgan fingerprint density at radius 2 is 2.33 bits per heavy atom. The molecule has 0 fully saturated rings. The molecule has 1 N–H and O–H groups in total. The van der Waals surface area contributed by atoms with E-state index >= 15 is 0 Å². The van der Waals surface area contributed by atoms with Crippen LogP contribution in [-0.2, 0) is 0 Å². The molecule has 0 aliphatic heterocycles. The summed E-state index contributed by atoms with van der Waals surface area (Å²) < 4.78 is 0. The highest BCUT2D eigenvalue weighted by Gasteiger charge is 2.09. The van der Waals surface area contributed by atoms with Crippen molar-refractivity contribution in [2.45, 2.75) is 20.3 Å². The Bertz CT molecular complexity index is 615. The molecule has 0 atom stereocenters. The van der Waals surface area contributed by atoms with E-state index in [2.05, 4.69) is 41.7 Å². The average molecular weight is 238 g/mol. The van der Waals surface area contributed by atoms with E-state index in [1.807, 2.05) is 25.3 Å². The van der Waals surface area contributed by atoms with E-state index in [-0.39, 0.29) is 0 Å². The molecule has 0 radical (unpaired) electrons. The maximum Gasteiger partial charge on any atom is 0.137 e. The lowest BCUT2D eigenvalue weighted by Crippen LogP contribution is -1.85. The number of aromatic nitrogens is 2. The molecule has 0 saturated heterocycles. The maximum absolute atomic E-state index is 4.30. The average Bonchev–Trinajstić information content (AvgIpc) is 2.81. The summed E-state index contributed by atoms with van der Waals surface area (Å²) in [5.74, 6) is 0. The molecule has 2 aromatic heterocycles. The first-order valence-corrected chi connectivity index (χ1v) is 6.22. The van der Waals surface area contributed by atoms with Gasteiger partial charge < -0.3 is 4.98 Å². The van der Waals surface area contributed by atoms with Gasteiger partial charge in [-0.1, -0.05) is 31.7 Å². The van der Waals surface area contributed by atoms with Gasteiger partial charge in [0.2, 0.25) is 0 Å². The minimum absolute atomic E-state index is 0.907. The molecule has 18 heavy (non-hydrogen) atoms. The third-order valence-electron chi connectivity index (χ3n) is 2.89. The standard InChI is InChI=1S/C16H18N2/c1-4-7-13(8-5-2)12(3)15-11-18-16-14(15)9-6-10-17-16/h4,6-11H,3,5H2,1-2H3,(H,17,18)/b7-4-,13-8+. The normalized spacial score (nSPS) is 12.4. The van der Waals surface area contributed by atoms with E-state index in [0.717, 1.165) is 28.6 Å². The van der Waals surface area contributed by atoms with Gasteiger partial charge in [-0.3, -0.25) is 0 Å². The largest absolute Gasteiger partial charge is 0.346 e. The quantitative estimate of drug-likeness (QED) is 0.781. The van der Waals surface area contributed by atoms with Crippen LogP contribution in [-0.4, -0.2) is 9.97 Å². The number of allylic oxidation sites excluding steroid dienone is 5. The predicted molar refractivity (Wildman–Crippen MR) is 78.3 cm³/mol. The summed E-state index contributed by atoms with van der Waals surface area (Å²) in [6, 6.07) is 4.02. The van der Waals surface area contributed by atoms with E-state index in [9.17, 15) is 0 Å². The molecule has 2 aromatic rings. The molecule has 0 saturated carbocycles. The fourth-order valence-corrected chi connectivity index (χ4v) is 2.05. The summed E-state index contributed by atoms with van der Waals surface area (Å²) in [6.45, 7) is 8.37. The van der Waals surface area contributed by atoms with Crippen molar-refractivity contribution in [3.8, 4) is 0 Å². The number of nitrogens with zero attached hydrogens (tertiary/aromatic N) is 1. The van der Waals surface area contributed by atoms with Crippen molar-refractivity contribution in [2.24, 2.45) is 0 Å². The molecule has 0 spiro atoms. The lowest BCUT2D eigenvalue weighted by molar-refractivity contribution is 1.21. The first kappa shape index (κ1) is 12.4. The Kier molecular flexibility index (Phi) is 3.78. The number of rotatable bonds is 4. The molecular weight excluding hydrogens is 220 g/mol. The van der Waals surface area contributed by atoms with Crippen molar-refractivity contribution in [3.05, 3.63) is 60.5 Å². The van der Waals surface area contributed by atoms with Crippen LogP contribution in [0.2, 0.25) is 0 Å². The number of H-pyrrole nitrogens is 1. The Morgan fingerprint density at radius 1 is 1.50 bits per heavy atom. The number of nitrogens with one attached hydrogen (secondary N) is 1. The van der Waals surface area contributed by atoms with Crippen molar-refractivity contribution in [2.75, 3.05) is 0 Å². The molecule has 2 heterocycles. The SMILES string of the molecule is C=C(C(/C=C\C)=C/CC)c1c[nH]c2ncccc12. The zero-order valence-electron chi connectivity index (χ0n) is 10.9. The number of aromatic amines is 1. The topological polar surface area (TPSA) is 28.7 Å². The van der Waals surface area contributed by atoms with Crippen LogP contribution >= 0.6 is 0 Å². The molecule has 0 aliphatic rings. The molecule has 2 heteroatoms. The Morgan fingerprint density at radius 3 is 3.06 bits per heavy atom. The van der Waals surface area contributed by atoms with Gasteiger partial charge in [0.15, 0.2) is 0 Å². The van der Waals surface area contributed by atoms with Gasteiger partial charge in [-0.15, -0.1) is 0 Å². The summed E-state index contributed by atoms with van der Waals surface area (Å²) in [5.41, 5.74) is 4.24. The second-order valence-corrected chi connectivity index (χ2v) is 4.15. The number of hydrogen-bond acceptors (Lipinski definition) is 1. The Balaban J connectivity index is 2.47. The minimum atomic E-state index is 0.907. The van der Waals surface area contributed by atoms with Crippen LogP contribution in [0.15, 0.2) is 54.9 Å². The number of pyridine rings is 1. The van der Waals surface area contributed by atoms with Crippen LogP contribution in [0, 0.1) is 0 Å². The van der Waals surface area contributed by atoms with Gasteiger partial charge in [0.1, 0.15) is 5.65 Å². The summed E-state index contributed by atoms with van der Waals surface area (Å²) in [7, 11) is 0. The summed E-state index contributed by atoms with van der Waals surface area (Å²) >= 11 is 0. The lowest BCUT2D eigenvalue weighted by Gasteiger charge is -2.05. The zero-order valence-corrected chi connectivity index (χ0v) is 10.9. The van der Waals surface area contributed by atoms with Crippen molar-refractivity contribution in [1.29, 1.82) is 0 Å². The van der Waals surface area contributed by atoms with Crippen LogP contribution in [0.1, 0.15) is 25.8 Å². The van der Waals surface area contributed by atoms with Crippen molar-refractivity contribution >= 4 is 16.6 Å². The second kappa shape index (κ2) is 5.50. The fourth-order valence-electron chi connectivity index (χ4n) is 2.05. The van der Waals surface area contributed by atoms with Gasteiger partial charge in [-0.2, -0.15) is 0 Å². The van der Waals surface area contributed by atoms with Crippen LogP contribution < -0.4 is 0 Å². The van der Waals surface area contributed by atoms with E-state index in [1.165, 1.54) is 5.57 Å². The monoisotopic (exact) mass is 238 g/mol. The third-order valence-corrected chi connectivity index (χ3v) is 2.89. The van der Waals surface area contributed by atoms with E-state index < -0.39 is 0 Å². The van der Waals surface area contributed by atoms with Gasteiger partial charge in [-0.05, 0) is 36.6 Å². The number of fused-ring (bicyclic) bond motifs is 1. The second-order valence-electron chi connectivity index (χ2n) is 4.15. The third kappa shape index (κ3) is 2.28. The maximum atomic E-state index is 4.30. The molecule has 0 aromatic carbocycles. The van der Waals surface area contributed by atoms with E-state index in [1.54, 1.807) is 6.20 Å². The lowest BCUT2D eigenvalue weighted by atomic mass is 9.98. The highest BCUT2D eigenvalue weighted by Crippen LogP contribution is 2.28. The van der Waals surface area contributed by atoms with E-state index in [4.69, 9.17) is 0 Å². The van der Waals surface area contributed by atoms with Gasteiger partial charge in [0.05, 0.1) is 0 Å². The zero-order chi connectivity index (χ0) is 13.0. The van der Waals surface area contributed by atoms with Gasteiger partial charge in [-0.25, -0.2) is 4.98 Å². The number of hydrogen-bond donors (Lipinski definition) is 1. The molecule has 2 rings (SSSR count). The minimum Gasteiger partial charge on any atom is -0.346 e. The van der Waals surface area contributed by atoms with Gasteiger partial charge >= 0.3 is 0 Å². The molecule has 2 nitrogen and oxygen atoms in total. The van der Waals surface area contributed by atoms with E-state index in [0.29, 0.717) is 0 Å². The fraction of sp³-hybridized carbons (Fsp3) is 0.188. The molecular formula is C16H18N2. The smallest absolute Gasteiger partial charge is 0.137 e. The highest BCUT2D eigenvalue weighted by atomic mass is 14.8. The summed E-state index contributed by atoms with van der Waals surface area (Å²) in [6.07, 6.45) is 11.1. The Labute approximate surface area is 108 Å². The summed E-state index contributed by atoms with van der Waals surface area (Å²) in [5, 5.41) is 1.12. The first-order valence-electron chi connectivity index (χ1n) is 6.22. The summed E-state index contributed by atoms with van der Waals surface area (Å²) in [4.78, 5) is 7.49. The van der Waals surface area contributed by atoms with Crippen molar-refractivity contribution < 1.29 is 0 Å². The van der Waals surface area contributed by atoms with Gasteiger partial charge in [0.25, 0.3) is 0 Å². The Hall–Kier alpha value is -2.09. The van der Waals surface area contributed by atoms with Crippen LogP contribution in [0.4, 0.5) is 0 Å². The van der Waals surface area contributed by atoms with Crippen LogP contribution in [0.3, 0.4) is 0 Å². The first-order chi connectivity index (χ1) is 8.77. The molecule has 0 aliphatic carbocycles. The molecule has 0 unspecified atom stereocenters. The molecule has 92 valence electrons. The van der Waals surface area contributed by atoms with Crippen molar-refractivity contribution in [3.63, 3.8) is 0 Å². The highest BCUT2D eigenvalue weighted by molar-refractivity contribution is 5.95. The molecule has 0 bridgehead atoms.